The Bertz CT molecular complexity index is 392. The van der Waals surface area contributed by atoms with Crippen LogP contribution in [0.1, 0.15) is 38.2 Å². The van der Waals surface area contributed by atoms with Gasteiger partial charge in [-0.2, -0.15) is 0 Å². The smallest absolute Gasteiger partial charge is 0.126 e. The van der Waals surface area contributed by atoms with Gasteiger partial charge >= 0.3 is 0 Å². The Morgan fingerprint density at radius 3 is 3.05 bits per heavy atom. The fraction of sp³-hybridized carbons (Fsp3) is 0.625. The first-order chi connectivity index (χ1) is 9.33. The number of hydrogen-bond donors (Lipinski definition) is 1. The lowest BCUT2D eigenvalue weighted by Gasteiger charge is -2.26. The number of methoxy groups -OCH3 is 1. The molecule has 106 valence electrons. The standard InChI is InChI=1S/C16H25NO2/c1-3-4-5-10-17-12-15-9-7-13-6-8-14(18-2)11-16(13)19-15/h6,8,11,15,17H,3-5,7,9-10,12H2,1-2H3/t15-/m0/s1. The fourth-order valence-corrected chi connectivity index (χ4v) is 2.44. The lowest BCUT2D eigenvalue weighted by Crippen LogP contribution is -2.34. The molecule has 3 heteroatoms. The maximum absolute atomic E-state index is 6.04. The van der Waals surface area contributed by atoms with Crippen LogP contribution in [0.15, 0.2) is 18.2 Å². The van der Waals surface area contributed by atoms with Crippen LogP contribution in [0, 0.1) is 0 Å². The molecule has 0 saturated heterocycles. The molecule has 1 aromatic carbocycles. The molecular formula is C16H25NO2. The first-order valence-electron chi connectivity index (χ1n) is 7.37. The summed E-state index contributed by atoms with van der Waals surface area (Å²) in [6.45, 7) is 4.27. The topological polar surface area (TPSA) is 30.5 Å². The number of ether oxygens (including phenoxy) is 2. The van der Waals surface area contributed by atoms with E-state index in [1.54, 1.807) is 7.11 Å². The minimum Gasteiger partial charge on any atom is -0.497 e. The summed E-state index contributed by atoms with van der Waals surface area (Å²) in [5, 5.41) is 3.49. The number of fused-ring (bicyclic) bond motifs is 1. The molecule has 1 aliphatic heterocycles. The van der Waals surface area contributed by atoms with Gasteiger partial charge in [0.15, 0.2) is 0 Å². The van der Waals surface area contributed by atoms with Crippen LogP contribution in [0.5, 0.6) is 11.5 Å². The first kappa shape index (κ1) is 14.2. The summed E-state index contributed by atoms with van der Waals surface area (Å²) >= 11 is 0. The van der Waals surface area contributed by atoms with Gasteiger partial charge in [-0.15, -0.1) is 0 Å². The Morgan fingerprint density at radius 1 is 1.37 bits per heavy atom. The van der Waals surface area contributed by atoms with Crippen LogP contribution in [0.2, 0.25) is 0 Å². The van der Waals surface area contributed by atoms with E-state index in [9.17, 15) is 0 Å². The van der Waals surface area contributed by atoms with Gasteiger partial charge in [0.2, 0.25) is 0 Å². The molecule has 0 radical (unpaired) electrons. The molecule has 2 rings (SSSR count). The van der Waals surface area contributed by atoms with Crippen LogP contribution in [0.25, 0.3) is 0 Å². The van der Waals surface area contributed by atoms with E-state index in [4.69, 9.17) is 9.47 Å². The number of rotatable bonds is 7. The van der Waals surface area contributed by atoms with Crippen molar-refractivity contribution in [1.82, 2.24) is 5.32 Å². The summed E-state index contributed by atoms with van der Waals surface area (Å²) in [7, 11) is 1.69. The molecule has 0 bridgehead atoms. The maximum Gasteiger partial charge on any atom is 0.126 e. The van der Waals surface area contributed by atoms with Crippen molar-refractivity contribution < 1.29 is 9.47 Å². The molecule has 3 nitrogen and oxygen atoms in total. The van der Waals surface area contributed by atoms with E-state index >= 15 is 0 Å². The zero-order valence-electron chi connectivity index (χ0n) is 12.1. The Morgan fingerprint density at radius 2 is 2.26 bits per heavy atom. The number of nitrogens with one attached hydrogen (secondary N) is 1. The van der Waals surface area contributed by atoms with Crippen molar-refractivity contribution in [1.29, 1.82) is 0 Å². The monoisotopic (exact) mass is 263 g/mol. The summed E-state index contributed by atoms with van der Waals surface area (Å²) in [5.74, 6) is 1.86. The molecule has 1 aromatic rings. The van der Waals surface area contributed by atoms with Gasteiger partial charge in [0.1, 0.15) is 17.6 Å². The molecule has 1 atom stereocenters. The third-order valence-corrected chi connectivity index (χ3v) is 3.63. The molecule has 1 aliphatic rings. The maximum atomic E-state index is 6.04. The van der Waals surface area contributed by atoms with E-state index in [2.05, 4.69) is 18.3 Å². The Labute approximate surface area is 116 Å². The Balaban J connectivity index is 1.80. The lowest BCUT2D eigenvalue weighted by atomic mass is 10.0. The Hall–Kier alpha value is -1.22. The van der Waals surface area contributed by atoms with Crippen molar-refractivity contribution in [2.24, 2.45) is 0 Å². The average Bonchev–Trinajstić information content (AvgIpc) is 2.46. The second-order valence-corrected chi connectivity index (χ2v) is 5.16. The lowest BCUT2D eigenvalue weighted by molar-refractivity contribution is 0.170. The molecule has 0 saturated carbocycles. The highest BCUT2D eigenvalue weighted by molar-refractivity contribution is 5.42. The van der Waals surface area contributed by atoms with Crippen molar-refractivity contribution in [3.63, 3.8) is 0 Å². The third-order valence-electron chi connectivity index (χ3n) is 3.63. The van der Waals surface area contributed by atoms with Crippen molar-refractivity contribution in [3.05, 3.63) is 23.8 Å². The van der Waals surface area contributed by atoms with Gasteiger partial charge in [-0.05, 0) is 37.4 Å². The van der Waals surface area contributed by atoms with Crippen LogP contribution in [0.3, 0.4) is 0 Å². The largest absolute Gasteiger partial charge is 0.497 e. The molecule has 0 unspecified atom stereocenters. The molecule has 0 aliphatic carbocycles. The zero-order valence-corrected chi connectivity index (χ0v) is 12.1. The summed E-state index contributed by atoms with van der Waals surface area (Å²) in [6.07, 6.45) is 6.32. The molecular weight excluding hydrogens is 238 g/mol. The minimum absolute atomic E-state index is 0.293. The number of aryl methyl sites for hydroxylation is 1. The van der Waals surface area contributed by atoms with Crippen molar-refractivity contribution in [2.75, 3.05) is 20.2 Å². The second kappa shape index (κ2) is 7.39. The molecule has 0 aromatic heterocycles. The van der Waals surface area contributed by atoms with Crippen molar-refractivity contribution in [2.45, 2.75) is 45.1 Å². The zero-order chi connectivity index (χ0) is 13.5. The SMILES string of the molecule is CCCCCNC[C@@H]1CCc2ccc(OC)cc2O1. The van der Waals surface area contributed by atoms with Gasteiger partial charge in [0, 0.05) is 12.6 Å². The number of hydrogen-bond acceptors (Lipinski definition) is 3. The first-order valence-corrected chi connectivity index (χ1v) is 7.37. The number of benzene rings is 1. The van der Waals surface area contributed by atoms with Gasteiger partial charge in [-0.3, -0.25) is 0 Å². The Kier molecular flexibility index (Phi) is 5.52. The highest BCUT2D eigenvalue weighted by Gasteiger charge is 2.19. The van der Waals surface area contributed by atoms with Crippen LogP contribution in [0.4, 0.5) is 0 Å². The van der Waals surface area contributed by atoms with Crippen LogP contribution in [-0.2, 0) is 6.42 Å². The summed E-state index contributed by atoms with van der Waals surface area (Å²) in [4.78, 5) is 0. The quantitative estimate of drug-likeness (QED) is 0.766. The molecule has 19 heavy (non-hydrogen) atoms. The van der Waals surface area contributed by atoms with Gasteiger partial charge < -0.3 is 14.8 Å². The van der Waals surface area contributed by atoms with Crippen LogP contribution < -0.4 is 14.8 Å². The summed E-state index contributed by atoms with van der Waals surface area (Å²) in [5.41, 5.74) is 1.29. The van der Waals surface area contributed by atoms with E-state index in [1.165, 1.54) is 24.8 Å². The molecule has 0 amide bonds. The van der Waals surface area contributed by atoms with E-state index < -0.39 is 0 Å². The van der Waals surface area contributed by atoms with Crippen molar-refractivity contribution in [3.8, 4) is 11.5 Å². The molecule has 1 N–H and O–H groups in total. The predicted octanol–water partition coefficient (Wildman–Crippen LogP) is 3.17. The van der Waals surface area contributed by atoms with Crippen LogP contribution in [-0.4, -0.2) is 26.3 Å². The average molecular weight is 263 g/mol. The number of unbranched alkanes of at least 4 members (excludes halogenated alkanes) is 2. The van der Waals surface area contributed by atoms with Gasteiger partial charge in [-0.1, -0.05) is 25.8 Å². The van der Waals surface area contributed by atoms with Gasteiger partial charge in [-0.25, -0.2) is 0 Å². The highest BCUT2D eigenvalue weighted by Crippen LogP contribution is 2.31. The molecule has 1 heterocycles. The van der Waals surface area contributed by atoms with Crippen molar-refractivity contribution >= 4 is 0 Å². The van der Waals surface area contributed by atoms with E-state index in [-0.39, 0.29) is 0 Å². The van der Waals surface area contributed by atoms with E-state index in [1.807, 2.05) is 12.1 Å². The highest BCUT2D eigenvalue weighted by atomic mass is 16.5. The predicted molar refractivity (Wildman–Crippen MR) is 78.1 cm³/mol. The third kappa shape index (κ3) is 4.13. The van der Waals surface area contributed by atoms with E-state index in [0.29, 0.717) is 6.10 Å². The minimum atomic E-state index is 0.293. The summed E-state index contributed by atoms with van der Waals surface area (Å²) in [6, 6.07) is 6.11. The normalized spacial score (nSPS) is 17.7. The van der Waals surface area contributed by atoms with Crippen LogP contribution >= 0.6 is 0 Å². The second-order valence-electron chi connectivity index (χ2n) is 5.16. The van der Waals surface area contributed by atoms with E-state index in [0.717, 1.165) is 37.4 Å². The summed E-state index contributed by atoms with van der Waals surface area (Å²) < 4.78 is 11.3. The molecule has 0 fully saturated rings. The molecule has 0 spiro atoms. The fourth-order valence-electron chi connectivity index (χ4n) is 2.44. The van der Waals surface area contributed by atoms with Gasteiger partial charge in [0.05, 0.1) is 7.11 Å². The van der Waals surface area contributed by atoms with Gasteiger partial charge in [0.25, 0.3) is 0 Å².